The van der Waals surface area contributed by atoms with Crippen LogP contribution in [0.2, 0.25) is 36.3 Å². The Kier molecular flexibility index (Phi) is 18.7. The minimum atomic E-state index is -2.75. The van der Waals surface area contributed by atoms with Gasteiger partial charge in [-0.15, -0.1) is 0 Å². The lowest BCUT2D eigenvalue weighted by molar-refractivity contribution is -0.117. The molecule has 2 aromatic rings. The fourth-order valence-electron chi connectivity index (χ4n) is 8.49. The lowest BCUT2D eigenvalue weighted by atomic mass is 10.1. The average Bonchev–Trinajstić information content (AvgIpc) is 3.85. The molecule has 0 unspecified atom stereocenters. The zero-order valence-corrected chi connectivity index (χ0v) is 50.7. The van der Waals surface area contributed by atoms with Crippen LogP contribution in [0.25, 0.3) is 0 Å². The lowest BCUT2D eigenvalue weighted by Gasteiger charge is -2.44. The first kappa shape index (κ1) is 60.8. The Morgan fingerprint density at radius 3 is 1.21 bits per heavy atom. The van der Waals surface area contributed by atoms with Crippen LogP contribution in [0.4, 0.5) is 21.0 Å². The van der Waals surface area contributed by atoms with Gasteiger partial charge >= 0.3 is 12.2 Å². The Morgan fingerprint density at radius 2 is 0.907 bits per heavy atom. The summed E-state index contributed by atoms with van der Waals surface area (Å²) in [4.78, 5) is 88.7. The number of rotatable bonds is 16. The van der Waals surface area contributed by atoms with Crippen LogP contribution in [0, 0.1) is 0 Å². The molecular weight excluding hydrogens is 1140 g/mol. The van der Waals surface area contributed by atoms with E-state index in [0.29, 0.717) is 19.3 Å². The Bertz CT molecular complexity index is 2360. The first-order valence-corrected chi connectivity index (χ1v) is 32.4. The maximum atomic E-state index is 14.4. The number of unbranched alkanes of at least 4 members (excludes halogenated alkanes) is 2. The first-order chi connectivity index (χ1) is 34.6. The lowest BCUT2D eigenvalue weighted by Crippen LogP contribution is -2.58. The molecule has 0 saturated carbocycles. The first-order valence-electron chi connectivity index (χ1n) is 24.4. The second-order valence-electron chi connectivity index (χ2n) is 21.9. The molecule has 6 rings (SSSR count). The topological polar surface area (TPSA) is 189 Å². The Labute approximate surface area is 470 Å². The third kappa shape index (κ3) is 13.9. The van der Waals surface area contributed by atoms with E-state index in [1.54, 1.807) is 0 Å². The van der Waals surface area contributed by atoms with Crippen molar-refractivity contribution < 1.29 is 66.0 Å². The van der Waals surface area contributed by atoms with Crippen LogP contribution >= 0.6 is 69.6 Å². The zero-order chi connectivity index (χ0) is 56.0. The van der Waals surface area contributed by atoms with Gasteiger partial charge in [-0.25, -0.2) is 19.4 Å². The number of hydrogen-bond donors (Lipinski definition) is 0. The Balaban J connectivity index is 1.25. The summed E-state index contributed by atoms with van der Waals surface area (Å²) in [6, 6.07) is 4.20. The molecule has 0 radical (unpaired) electrons. The molecule has 4 amide bonds. The third-order valence-electron chi connectivity index (χ3n) is 14.5. The van der Waals surface area contributed by atoms with E-state index in [4.69, 9.17) is 107 Å². The number of ketones is 2. The van der Waals surface area contributed by atoms with Gasteiger partial charge in [0, 0.05) is 25.0 Å². The van der Waals surface area contributed by atoms with E-state index in [1.807, 2.05) is 67.7 Å². The molecule has 0 aliphatic carbocycles. The monoisotopic (exact) mass is 1200 g/mol. The molecule has 0 bridgehead atoms. The number of Topliss-reactive ketones (excluding diaryl/α,β-unsaturated/α-hetero) is 2. The van der Waals surface area contributed by atoms with Gasteiger partial charge in [0.05, 0.1) is 75.1 Å². The van der Waals surface area contributed by atoms with Gasteiger partial charge in [0.2, 0.25) is 7.59 Å². The summed E-state index contributed by atoms with van der Waals surface area (Å²) < 4.78 is 45.1. The number of halogens is 6. The van der Waals surface area contributed by atoms with E-state index in [0.717, 1.165) is 0 Å². The van der Waals surface area contributed by atoms with E-state index >= 15 is 0 Å². The number of amides is 4. The van der Waals surface area contributed by atoms with Gasteiger partial charge in [-0.1, -0.05) is 111 Å². The summed E-state index contributed by atoms with van der Waals surface area (Å²) in [5.41, 5.74) is 0.254. The van der Waals surface area contributed by atoms with Crippen LogP contribution < -0.4 is 28.7 Å². The highest BCUT2D eigenvalue weighted by molar-refractivity contribution is 6.74. The molecule has 4 atom stereocenters. The maximum absolute atomic E-state index is 14.4. The fourth-order valence-corrected chi connectivity index (χ4v) is 11.3. The van der Waals surface area contributed by atoms with Gasteiger partial charge in [-0.2, -0.15) is 0 Å². The molecule has 2 fully saturated rings. The molecule has 0 aromatic heterocycles. The van der Waals surface area contributed by atoms with E-state index in [-0.39, 0.29) is 106 Å². The number of methoxy groups -OCH3 is 2. The van der Waals surface area contributed by atoms with Crippen molar-refractivity contribution in [2.45, 2.75) is 142 Å². The van der Waals surface area contributed by atoms with Gasteiger partial charge in [-0.05, 0) is 67.7 Å². The van der Waals surface area contributed by atoms with Crippen molar-refractivity contribution in [1.82, 2.24) is 9.80 Å². The molecule has 26 heteroatoms. The number of carbonyl (C=O) groups is 6. The van der Waals surface area contributed by atoms with Crippen molar-refractivity contribution >= 4 is 133 Å². The van der Waals surface area contributed by atoms with Crippen LogP contribution in [0.5, 0.6) is 23.0 Å². The fraction of sp³-hybridized carbons (Fsp3) is 0.633. The van der Waals surface area contributed by atoms with Gasteiger partial charge in [0.15, 0.2) is 63.7 Å². The Hall–Kier alpha value is -3.45. The SMILES string of the molecule is COc1cc2c(cc1OCCCCCOc1cc3c(cc1OC)C(=O)N1CC(=O)C[C@H]1[C@H](O[Si](C)(C)C(C)(C)C)N3C(=O)OCC(Cl)(Cl)Cl)N(C(=O)OCC(Cl)(Cl)Cl)[C@@H](O[Si](C)(C)C(C)(C)C)[C@@H]1CC(=O)CN1C2=O. The number of ether oxygens (including phenoxy) is 6. The number of alkyl halides is 6. The second-order valence-corrected chi connectivity index (χ2v) is 36.4. The Morgan fingerprint density at radius 1 is 0.560 bits per heavy atom. The van der Waals surface area contributed by atoms with E-state index in [9.17, 15) is 28.8 Å². The van der Waals surface area contributed by atoms with Crippen LogP contribution in [-0.2, 0) is 27.9 Å². The maximum Gasteiger partial charge on any atom is 0.416 e. The highest BCUT2D eigenvalue weighted by Crippen LogP contribution is 2.48. The van der Waals surface area contributed by atoms with Crippen molar-refractivity contribution in [3.05, 3.63) is 35.4 Å². The van der Waals surface area contributed by atoms with Gasteiger partial charge < -0.3 is 47.1 Å². The van der Waals surface area contributed by atoms with Crippen LogP contribution in [0.1, 0.15) is 94.4 Å². The number of benzene rings is 2. The van der Waals surface area contributed by atoms with Crippen molar-refractivity contribution in [3.8, 4) is 23.0 Å². The van der Waals surface area contributed by atoms with E-state index in [1.165, 1.54) is 58.1 Å². The molecule has 4 aliphatic heterocycles. The highest BCUT2D eigenvalue weighted by Gasteiger charge is 2.54. The molecule has 4 aliphatic rings. The highest BCUT2D eigenvalue weighted by atomic mass is 35.6. The summed E-state index contributed by atoms with van der Waals surface area (Å²) in [5, 5.41) is -0.704. The van der Waals surface area contributed by atoms with Crippen LogP contribution in [-0.4, -0.2) is 148 Å². The number of anilines is 2. The summed E-state index contributed by atoms with van der Waals surface area (Å²) in [5.74, 6) is -0.671. The third-order valence-corrected chi connectivity index (χ3v) is 24.0. The molecule has 4 heterocycles. The molecule has 2 saturated heterocycles. The van der Waals surface area contributed by atoms with Gasteiger partial charge in [-0.3, -0.25) is 19.2 Å². The molecule has 0 spiro atoms. The minimum absolute atomic E-state index is 0.0396. The van der Waals surface area contributed by atoms with Crippen LogP contribution in [0.15, 0.2) is 24.3 Å². The van der Waals surface area contributed by atoms with Gasteiger partial charge in [0.25, 0.3) is 11.8 Å². The number of carbonyl (C=O) groups excluding carboxylic acids is 6. The van der Waals surface area contributed by atoms with E-state index < -0.39 is 86.0 Å². The van der Waals surface area contributed by atoms with E-state index in [2.05, 4.69) is 0 Å². The number of nitrogens with zero attached hydrogens (tertiary/aromatic N) is 4. The molecule has 75 heavy (non-hydrogen) atoms. The molecule has 0 N–H and O–H groups in total. The summed E-state index contributed by atoms with van der Waals surface area (Å²) in [6.07, 6.45) is -2.87. The van der Waals surface area contributed by atoms with Crippen molar-refractivity contribution in [2.24, 2.45) is 0 Å². The van der Waals surface area contributed by atoms with Gasteiger partial charge in [0.1, 0.15) is 13.2 Å². The average molecular weight is 1200 g/mol. The minimum Gasteiger partial charge on any atom is -0.493 e. The molecule has 2 aromatic carbocycles. The number of fused-ring (bicyclic) bond motifs is 4. The predicted molar refractivity (Wildman–Crippen MR) is 292 cm³/mol. The standard InChI is InChI=1S/C49H66Cl6N4O14Si2/c1-46(2,3)74(9,10)72-42-34-18-28(60)24-56(34)40(62)30-20-36(66-7)38(22-32(30)58(42)44(64)70-26-48(50,51)52)68-16-14-13-15-17-69-39-23-33-31(21-37(39)67-8)41(63)57-25-29(61)19-35(57)43(73-75(11,12)47(4,5)6)59(33)45(65)71-27-49(53,54)55/h20-23,34-35,42-43H,13-19,24-27H2,1-12H3/t34-,35-,42-,43-/m0/s1. The molecule has 18 nitrogen and oxygen atoms in total. The molecule has 416 valence electrons. The predicted octanol–water partition coefficient (Wildman–Crippen LogP) is 11.2. The van der Waals surface area contributed by atoms with Crippen molar-refractivity contribution in [3.63, 3.8) is 0 Å². The van der Waals surface area contributed by atoms with Crippen molar-refractivity contribution in [2.75, 3.05) is 63.5 Å². The smallest absolute Gasteiger partial charge is 0.416 e. The number of hydrogen-bond acceptors (Lipinski definition) is 14. The summed E-state index contributed by atoms with van der Waals surface area (Å²) in [7, 11) is -2.67. The second kappa shape index (κ2) is 23.1. The van der Waals surface area contributed by atoms with Crippen molar-refractivity contribution in [1.29, 1.82) is 0 Å². The molecular formula is C49H66Cl6N4O14Si2. The largest absolute Gasteiger partial charge is 0.493 e. The summed E-state index contributed by atoms with van der Waals surface area (Å²) >= 11 is 36.1. The normalized spacial score (nSPS) is 20.5. The van der Waals surface area contributed by atoms with Crippen LogP contribution in [0.3, 0.4) is 0 Å². The quantitative estimate of drug-likeness (QED) is 0.0876. The zero-order valence-electron chi connectivity index (χ0n) is 44.2. The summed E-state index contributed by atoms with van der Waals surface area (Å²) in [6.45, 7) is 18.8.